The Bertz CT molecular complexity index is 891. The van der Waals surface area contributed by atoms with Crippen LogP contribution in [0, 0.1) is 17.0 Å². The van der Waals surface area contributed by atoms with E-state index in [9.17, 15) is 10.1 Å². The number of anilines is 1. The number of non-ortho nitro benzene ring substituents is 1. The Morgan fingerprint density at radius 1 is 1.20 bits per heavy atom. The highest BCUT2D eigenvalue weighted by Crippen LogP contribution is 2.55. The highest BCUT2D eigenvalue weighted by molar-refractivity contribution is 5.67. The van der Waals surface area contributed by atoms with Gasteiger partial charge in [0.25, 0.3) is 5.69 Å². The Labute approximate surface area is 147 Å². The largest absolute Gasteiger partial charge is 0.467 e. The van der Waals surface area contributed by atoms with Gasteiger partial charge in [-0.2, -0.15) is 0 Å². The summed E-state index contributed by atoms with van der Waals surface area (Å²) in [5, 5.41) is 11.0. The van der Waals surface area contributed by atoms with Gasteiger partial charge in [0, 0.05) is 36.9 Å². The maximum Gasteiger partial charge on any atom is 0.269 e. The standard InChI is InChI=1S/C20H22N2O3/c1-13-5-7-17-16(11-13)19(2,3)20(21(17)4)10-9-14-12-15(22(23)24)6-8-18(14)25-20/h5-8,11-12H,9-10H2,1-4H3. The first-order valence-electron chi connectivity index (χ1n) is 8.57. The number of fused-ring (bicyclic) bond motifs is 2. The number of hydrogen-bond donors (Lipinski definition) is 0. The van der Waals surface area contributed by atoms with Crippen molar-refractivity contribution in [2.45, 2.75) is 44.8 Å². The van der Waals surface area contributed by atoms with Crippen molar-refractivity contribution in [3.05, 3.63) is 63.2 Å². The van der Waals surface area contributed by atoms with Crippen LogP contribution in [0.5, 0.6) is 5.75 Å². The first-order valence-corrected chi connectivity index (χ1v) is 8.57. The molecule has 2 aromatic rings. The number of nitrogens with zero attached hydrogens (tertiary/aromatic N) is 2. The Morgan fingerprint density at radius 3 is 2.68 bits per heavy atom. The molecule has 0 bridgehead atoms. The third-order valence-electron chi connectivity index (χ3n) is 5.97. The minimum Gasteiger partial charge on any atom is -0.467 e. The van der Waals surface area contributed by atoms with Gasteiger partial charge in [0.15, 0.2) is 5.72 Å². The zero-order valence-corrected chi connectivity index (χ0v) is 15.0. The number of aryl methyl sites for hydroxylation is 2. The molecule has 0 amide bonds. The molecule has 1 spiro atoms. The summed E-state index contributed by atoms with van der Waals surface area (Å²) in [6.07, 6.45) is 1.55. The highest BCUT2D eigenvalue weighted by Gasteiger charge is 2.58. The lowest BCUT2D eigenvalue weighted by atomic mass is 9.74. The average molecular weight is 338 g/mol. The van der Waals surface area contributed by atoms with Crippen molar-refractivity contribution in [2.75, 3.05) is 11.9 Å². The van der Waals surface area contributed by atoms with Gasteiger partial charge in [0.05, 0.1) is 10.3 Å². The van der Waals surface area contributed by atoms with E-state index in [1.165, 1.54) is 22.9 Å². The van der Waals surface area contributed by atoms with Crippen LogP contribution in [-0.2, 0) is 11.8 Å². The summed E-state index contributed by atoms with van der Waals surface area (Å²) in [5.41, 5.74) is 4.09. The third-order valence-corrected chi connectivity index (χ3v) is 5.97. The molecule has 130 valence electrons. The van der Waals surface area contributed by atoms with Gasteiger partial charge in [-0.1, -0.05) is 17.7 Å². The lowest BCUT2D eigenvalue weighted by Gasteiger charge is -2.48. The van der Waals surface area contributed by atoms with Crippen LogP contribution in [-0.4, -0.2) is 17.7 Å². The van der Waals surface area contributed by atoms with E-state index in [0.717, 1.165) is 24.2 Å². The third kappa shape index (κ3) is 2.01. The van der Waals surface area contributed by atoms with Crippen molar-refractivity contribution in [3.63, 3.8) is 0 Å². The van der Waals surface area contributed by atoms with Crippen LogP contribution < -0.4 is 9.64 Å². The number of hydrogen-bond acceptors (Lipinski definition) is 4. The zero-order chi connectivity index (χ0) is 18.0. The maximum atomic E-state index is 11.0. The van der Waals surface area contributed by atoms with E-state index < -0.39 is 5.72 Å². The number of rotatable bonds is 1. The lowest BCUT2D eigenvalue weighted by Crippen LogP contribution is -2.60. The van der Waals surface area contributed by atoms with E-state index >= 15 is 0 Å². The van der Waals surface area contributed by atoms with Gasteiger partial charge >= 0.3 is 0 Å². The average Bonchev–Trinajstić information content (AvgIpc) is 2.73. The fourth-order valence-electron chi connectivity index (χ4n) is 4.45. The molecule has 1 atom stereocenters. The smallest absolute Gasteiger partial charge is 0.269 e. The monoisotopic (exact) mass is 338 g/mol. The van der Waals surface area contributed by atoms with Gasteiger partial charge in [-0.25, -0.2) is 0 Å². The number of ether oxygens (including phenoxy) is 1. The predicted octanol–water partition coefficient (Wildman–Crippen LogP) is 4.35. The van der Waals surface area contributed by atoms with E-state index in [4.69, 9.17) is 4.74 Å². The molecule has 0 N–H and O–H groups in total. The fourth-order valence-corrected chi connectivity index (χ4v) is 4.45. The van der Waals surface area contributed by atoms with E-state index in [1.54, 1.807) is 12.1 Å². The molecule has 0 fully saturated rings. The molecule has 0 aromatic heterocycles. The first kappa shape index (κ1) is 15.9. The maximum absolute atomic E-state index is 11.0. The zero-order valence-electron chi connectivity index (χ0n) is 15.0. The van der Waals surface area contributed by atoms with Gasteiger partial charge in [-0.3, -0.25) is 10.1 Å². The lowest BCUT2D eigenvalue weighted by molar-refractivity contribution is -0.385. The van der Waals surface area contributed by atoms with Crippen LogP contribution in [0.4, 0.5) is 11.4 Å². The molecule has 5 heteroatoms. The topological polar surface area (TPSA) is 55.6 Å². The SMILES string of the molecule is Cc1ccc2c(c1)C(C)(C)C1(CCc3cc([N+](=O)[O-])ccc3O1)N2C. The first-order chi connectivity index (χ1) is 11.8. The molecule has 0 aliphatic carbocycles. The van der Waals surface area contributed by atoms with Crippen molar-refractivity contribution in [1.82, 2.24) is 0 Å². The molecule has 4 rings (SSSR count). The molecule has 5 nitrogen and oxygen atoms in total. The molecule has 2 aliphatic rings. The summed E-state index contributed by atoms with van der Waals surface area (Å²) in [4.78, 5) is 12.9. The molecule has 0 saturated carbocycles. The molecule has 0 radical (unpaired) electrons. The minimum absolute atomic E-state index is 0.122. The van der Waals surface area contributed by atoms with Gasteiger partial charge in [-0.15, -0.1) is 0 Å². The fraction of sp³-hybridized carbons (Fsp3) is 0.400. The summed E-state index contributed by atoms with van der Waals surface area (Å²) in [6, 6.07) is 11.4. The van der Waals surface area contributed by atoms with Crippen LogP contribution in [0.2, 0.25) is 0 Å². The minimum atomic E-state index is -0.480. The second kappa shape index (κ2) is 4.97. The Kier molecular flexibility index (Phi) is 3.17. The van der Waals surface area contributed by atoms with Gasteiger partial charge in [0.2, 0.25) is 0 Å². The predicted molar refractivity (Wildman–Crippen MR) is 97.4 cm³/mol. The van der Waals surface area contributed by atoms with E-state index in [1.807, 2.05) is 0 Å². The van der Waals surface area contributed by atoms with Crippen molar-refractivity contribution >= 4 is 11.4 Å². The van der Waals surface area contributed by atoms with Crippen molar-refractivity contribution in [1.29, 1.82) is 0 Å². The Morgan fingerprint density at radius 2 is 1.96 bits per heavy atom. The van der Waals surface area contributed by atoms with Gasteiger partial charge in [0.1, 0.15) is 5.75 Å². The van der Waals surface area contributed by atoms with Crippen LogP contribution in [0.1, 0.15) is 37.0 Å². The summed E-state index contributed by atoms with van der Waals surface area (Å²) in [5.74, 6) is 0.751. The molecule has 2 aromatic carbocycles. The Hall–Kier alpha value is -2.56. The number of benzene rings is 2. The summed E-state index contributed by atoms with van der Waals surface area (Å²) >= 11 is 0. The second-order valence-electron chi connectivity index (χ2n) is 7.64. The van der Waals surface area contributed by atoms with Crippen LogP contribution in [0.15, 0.2) is 36.4 Å². The quantitative estimate of drug-likeness (QED) is 0.573. The molecule has 2 aliphatic heterocycles. The van der Waals surface area contributed by atoms with E-state index in [2.05, 4.69) is 50.9 Å². The van der Waals surface area contributed by atoms with E-state index in [-0.39, 0.29) is 16.0 Å². The second-order valence-corrected chi connectivity index (χ2v) is 7.64. The molecule has 0 saturated heterocycles. The molecule has 1 unspecified atom stereocenters. The normalized spacial score (nSPS) is 23.1. The van der Waals surface area contributed by atoms with Gasteiger partial charge < -0.3 is 9.64 Å². The van der Waals surface area contributed by atoms with Crippen LogP contribution in [0.3, 0.4) is 0 Å². The van der Waals surface area contributed by atoms with Crippen molar-refractivity contribution < 1.29 is 9.66 Å². The molecule has 2 heterocycles. The van der Waals surface area contributed by atoms with Crippen molar-refractivity contribution in [3.8, 4) is 5.75 Å². The summed E-state index contributed by atoms with van der Waals surface area (Å²) < 4.78 is 6.57. The number of nitro groups is 1. The van der Waals surface area contributed by atoms with Crippen LogP contribution in [0.25, 0.3) is 0 Å². The van der Waals surface area contributed by atoms with E-state index in [0.29, 0.717) is 0 Å². The summed E-state index contributed by atoms with van der Waals surface area (Å²) in [6.45, 7) is 6.56. The van der Waals surface area contributed by atoms with Crippen LogP contribution >= 0.6 is 0 Å². The highest BCUT2D eigenvalue weighted by atomic mass is 16.6. The number of nitro benzene ring substituents is 1. The summed E-state index contributed by atoms with van der Waals surface area (Å²) in [7, 11) is 2.08. The number of likely N-dealkylation sites (N-methyl/N-ethyl adjacent to an activating group) is 1. The molecular formula is C20H22N2O3. The van der Waals surface area contributed by atoms with Gasteiger partial charge in [-0.05, 0) is 44.9 Å². The Balaban J connectivity index is 1.80. The molecular weight excluding hydrogens is 316 g/mol. The molecule has 25 heavy (non-hydrogen) atoms. The van der Waals surface area contributed by atoms with Crippen molar-refractivity contribution in [2.24, 2.45) is 0 Å².